The van der Waals surface area contributed by atoms with E-state index < -0.39 is 73.4 Å². The number of aryl methyl sites for hydroxylation is 1. The maximum Gasteiger partial charge on any atom is 0.148 e. The molecule has 6 aromatic carbocycles. The average molecular weight is 1040 g/mol. The Hall–Kier alpha value is -5.57. The Kier molecular flexibility index (Phi) is 7.96. The number of aromatic hydroxyl groups is 1. The number of benzene rings is 6. The minimum atomic E-state index is -3.83. The zero-order valence-corrected chi connectivity index (χ0v) is 39.8. The molecule has 0 aliphatic rings. The van der Waals surface area contributed by atoms with Gasteiger partial charge in [-0.15, -0.1) is 29.3 Å². The van der Waals surface area contributed by atoms with Gasteiger partial charge in [-0.05, 0) is 97.8 Å². The zero-order chi connectivity index (χ0) is 58.7. The molecule has 2 heterocycles. The molecule has 0 bridgehead atoms. The molecule has 0 unspecified atom stereocenters. The molecule has 0 radical (unpaired) electrons. The molecule has 0 saturated carbocycles. The van der Waals surface area contributed by atoms with Crippen LogP contribution in [0.5, 0.6) is 5.75 Å². The van der Waals surface area contributed by atoms with E-state index in [1.54, 1.807) is 16.7 Å². The van der Waals surface area contributed by atoms with Gasteiger partial charge in [0.05, 0.1) is 27.8 Å². The van der Waals surface area contributed by atoms with Crippen LogP contribution in [0.4, 0.5) is 0 Å². The molecule has 64 heavy (non-hydrogen) atoms. The molecule has 1 N–H and O–H groups in total. The molecule has 4 nitrogen and oxygen atoms in total. The number of rotatable bonds is 6. The number of nitrogens with zero attached hydrogens (tertiary/aromatic N) is 3. The second kappa shape index (κ2) is 17.1. The van der Waals surface area contributed by atoms with Crippen molar-refractivity contribution in [1.29, 1.82) is 0 Å². The van der Waals surface area contributed by atoms with E-state index in [-0.39, 0.29) is 60.4 Å². The third-order valence-electron chi connectivity index (χ3n) is 11.4. The minimum Gasteiger partial charge on any atom is -0.507 e. The molecule has 0 aliphatic heterocycles. The summed E-state index contributed by atoms with van der Waals surface area (Å²) >= 11 is 0. The van der Waals surface area contributed by atoms with Crippen LogP contribution in [0.25, 0.3) is 72.7 Å². The molecule has 0 spiro atoms. The number of fused-ring (bicyclic) bond motifs is 1. The van der Waals surface area contributed by atoms with Crippen molar-refractivity contribution in [2.24, 2.45) is 0 Å². The molecule has 0 aliphatic carbocycles. The van der Waals surface area contributed by atoms with E-state index in [4.69, 9.17) is 26.9 Å². The third-order valence-corrected chi connectivity index (χ3v) is 11.4. The van der Waals surface area contributed by atoms with E-state index in [0.29, 0.717) is 50.1 Å². The summed E-state index contributed by atoms with van der Waals surface area (Å²) < 4.78 is 139. The van der Waals surface area contributed by atoms with Crippen LogP contribution in [-0.2, 0) is 42.7 Å². The van der Waals surface area contributed by atoms with Crippen molar-refractivity contribution in [2.75, 3.05) is 0 Å². The molecular weight excluding hydrogens is 962 g/mol. The van der Waals surface area contributed by atoms with Crippen molar-refractivity contribution in [3.63, 3.8) is 0 Å². The van der Waals surface area contributed by atoms with Gasteiger partial charge in [0.25, 0.3) is 0 Å². The van der Waals surface area contributed by atoms with Gasteiger partial charge in [0.2, 0.25) is 0 Å². The average Bonchev–Trinajstić information content (AvgIpc) is 3.73. The molecule has 330 valence electrons. The summed E-state index contributed by atoms with van der Waals surface area (Å²) in [5.41, 5.74) is 0.712. The van der Waals surface area contributed by atoms with Crippen LogP contribution in [0, 0.1) is 12.9 Å². The topological polar surface area (TPSA) is 50.9 Å². The molecule has 0 saturated heterocycles. The first-order chi connectivity index (χ1) is 36.2. The van der Waals surface area contributed by atoms with Gasteiger partial charge in [-0.25, -0.2) is 4.98 Å². The zero-order valence-electron chi connectivity index (χ0n) is 53.5. The number of hydrogen-bond donors (Lipinski definition) is 1. The van der Waals surface area contributed by atoms with E-state index in [1.165, 1.54) is 18.3 Å². The van der Waals surface area contributed by atoms with E-state index in [9.17, 15) is 5.11 Å². The first kappa shape index (κ1) is 29.8. The van der Waals surface area contributed by atoms with Crippen molar-refractivity contribution >= 4 is 11.0 Å². The number of aromatic nitrogens is 3. The van der Waals surface area contributed by atoms with Crippen molar-refractivity contribution in [1.82, 2.24) is 14.5 Å². The fraction of sp³-hybridized carbons (Fsp3) is 0.288. The Bertz CT molecular complexity index is 3620. The Morgan fingerprint density at radius 1 is 0.594 bits per heavy atom. The molecule has 8 aromatic rings. The molecule has 5 heteroatoms. The normalized spacial score (nSPS) is 16.8. The number of imidazole rings is 1. The van der Waals surface area contributed by atoms with Gasteiger partial charge in [-0.2, -0.15) is 0 Å². The van der Waals surface area contributed by atoms with E-state index in [1.807, 2.05) is 120 Å². The quantitative estimate of drug-likeness (QED) is 0.169. The summed E-state index contributed by atoms with van der Waals surface area (Å²) in [4.78, 5) is 10.1. The number of hydrogen-bond acceptors (Lipinski definition) is 3. The van der Waals surface area contributed by atoms with Gasteiger partial charge in [0, 0.05) is 55.0 Å². The smallest absolute Gasteiger partial charge is 0.148 e. The van der Waals surface area contributed by atoms with Crippen LogP contribution in [0.2, 0.25) is 0 Å². The van der Waals surface area contributed by atoms with Crippen molar-refractivity contribution in [3.8, 4) is 67.5 Å². The van der Waals surface area contributed by atoms with E-state index in [2.05, 4.69) is 31.8 Å². The van der Waals surface area contributed by atoms with E-state index in [0.717, 1.165) is 16.7 Å². The maximum atomic E-state index is 12.5. The fourth-order valence-corrected chi connectivity index (χ4v) is 7.76. The van der Waals surface area contributed by atoms with Gasteiger partial charge in [-0.1, -0.05) is 179 Å². The number of phenolic OH excluding ortho intramolecular Hbond substituents is 1. The second-order valence-electron chi connectivity index (χ2n) is 19.3. The van der Waals surface area contributed by atoms with Gasteiger partial charge in [0.1, 0.15) is 11.6 Å². The molecule has 0 atom stereocenters. The molecule has 2 aromatic heterocycles. The Morgan fingerprint density at radius 2 is 1.27 bits per heavy atom. The Morgan fingerprint density at radius 3 is 1.92 bits per heavy atom. The van der Waals surface area contributed by atoms with Crippen molar-refractivity contribution in [3.05, 3.63) is 167 Å². The van der Waals surface area contributed by atoms with E-state index >= 15 is 0 Å². The number of para-hydroxylation sites is 1. The summed E-state index contributed by atoms with van der Waals surface area (Å²) in [6, 6.07) is 30.6. The summed E-state index contributed by atoms with van der Waals surface area (Å²) in [7, 11) is 0. The number of pyridine rings is 1. The second-order valence-corrected chi connectivity index (χ2v) is 19.3. The van der Waals surface area contributed by atoms with Crippen LogP contribution < -0.4 is 0 Å². The van der Waals surface area contributed by atoms with Crippen LogP contribution in [0.3, 0.4) is 0 Å². The van der Waals surface area contributed by atoms with Crippen LogP contribution >= 0.6 is 0 Å². The standard InChI is InChI=1S/C59H62N3O.Pt/c1-37-30-40(38-18-15-14-16-19-38)24-27-51(37)62-52-21-17-20-47(53(52)61-55(62)48-35-46(58(8,9)10)36-49(54(48)63)59(11,12)13)42-31-43(33-45(32-42)57(5,6)7)50-34-41(28-29-60-50)39-22-25-44(26-23-39)56(2,3)4;/h14-30,32-36,63H,1-13H3;/q-1;/i1D3,2D3,3D3,4D3,22D,23D,25D,26D;. The van der Waals surface area contributed by atoms with Crippen LogP contribution in [0.15, 0.2) is 133 Å². The van der Waals surface area contributed by atoms with Crippen molar-refractivity contribution in [2.45, 2.75) is 111 Å². The molecule has 0 fully saturated rings. The summed E-state index contributed by atoms with van der Waals surface area (Å²) in [5.74, 6) is 0.280. The van der Waals surface area contributed by atoms with Gasteiger partial charge in [-0.3, -0.25) is 9.55 Å². The predicted molar refractivity (Wildman–Crippen MR) is 266 cm³/mol. The summed E-state index contributed by atoms with van der Waals surface area (Å²) in [6.45, 7) is 4.21. The third kappa shape index (κ3) is 9.18. The summed E-state index contributed by atoms with van der Waals surface area (Å²) in [5, 5.41) is 12.5. The predicted octanol–water partition coefficient (Wildman–Crippen LogP) is 15.8. The van der Waals surface area contributed by atoms with Gasteiger partial charge < -0.3 is 5.11 Å². The number of phenols is 1. The largest absolute Gasteiger partial charge is 0.507 e. The van der Waals surface area contributed by atoms with Crippen molar-refractivity contribution < 1.29 is 48.1 Å². The fourth-order valence-electron chi connectivity index (χ4n) is 7.76. The maximum absolute atomic E-state index is 12.5. The molecule has 8 rings (SSSR count). The monoisotopic (exact) mass is 1040 g/mol. The molecular formula is C59H62N3OPt-. The first-order valence-electron chi connectivity index (χ1n) is 29.0. The minimum absolute atomic E-state index is 0. The first-order valence-corrected chi connectivity index (χ1v) is 21.0. The van der Waals surface area contributed by atoms with Gasteiger partial charge in [0.15, 0.2) is 0 Å². The SMILES string of the molecule is [2H]c1c([2H])c(C(C([2H])([2H])[2H])(C([2H])([2H])[2H])C([2H])([2H])[2H])c([2H])c([2H])c1-c1ccnc(-c2[c-]c(-c3cccc4c3nc(-c3cc(C(C)(C)C)cc(C(C)(C)C)c3O)n4-c3ccc(-c4ccccc4)cc3C([2H])([2H])[2H])cc(C(C)(C)C)c2)c1.[Pt]. The van der Waals surface area contributed by atoms with Crippen LogP contribution in [-0.4, -0.2) is 19.6 Å². The molecule has 0 amide bonds. The van der Waals surface area contributed by atoms with Gasteiger partial charge >= 0.3 is 0 Å². The Balaban J connectivity index is 0.00000924. The Labute approximate surface area is 418 Å². The van der Waals surface area contributed by atoms with Crippen LogP contribution in [0.1, 0.15) is 133 Å². The summed E-state index contributed by atoms with van der Waals surface area (Å²) in [6.07, 6.45) is 1.38.